The summed E-state index contributed by atoms with van der Waals surface area (Å²) >= 11 is 12.1. The lowest BCUT2D eigenvalue weighted by Gasteiger charge is -2.17. The molecule has 1 aliphatic rings. The van der Waals surface area contributed by atoms with Crippen LogP contribution in [0.2, 0.25) is 10.0 Å². The van der Waals surface area contributed by atoms with Crippen LogP contribution in [0, 0.1) is 0 Å². The second kappa shape index (κ2) is 7.39. The van der Waals surface area contributed by atoms with Crippen molar-refractivity contribution in [1.82, 2.24) is 10.1 Å². The molecule has 0 spiro atoms. The average Bonchev–Trinajstić information content (AvgIpc) is 3.11. The lowest BCUT2D eigenvalue weighted by atomic mass is 9.98. The Hall–Kier alpha value is -0.810. The van der Waals surface area contributed by atoms with Gasteiger partial charge in [0.25, 0.3) is 0 Å². The van der Waals surface area contributed by atoms with E-state index in [1.165, 1.54) is 0 Å². The van der Waals surface area contributed by atoms with E-state index in [0.29, 0.717) is 21.8 Å². The summed E-state index contributed by atoms with van der Waals surface area (Å²) in [6, 6.07) is 5.51. The number of rotatable bonds is 4. The van der Waals surface area contributed by atoms with Crippen LogP contribution in [-0.4, -0.2) is 10.1 Å². The van der Waals surface area contributed by atoms with Crippen LogP contribution in [0.1, 0.15) is 55.8 Å². The van der Waals surface area contributed by atoms with Crippen molar-refractivity contribution < 1.29 is 4.52 Å². The van der Waals surface area contributed by atoms with Crippen molar-refractivity contribution in [3.05, 3.63) is 45.5 Å². The van der Waals surface area contributed by atoms with E-state index < -0.39 is 5.54 Å². The predicted molar refractivity (Wildman–Crippen MR) is 94.5 cm³/mol. The van der Waals surface area contributed by atoms with Gasteiger partial charge in [-0.2, -0.15) is 4.98 Å². The Morgan fingerprint density at radius 1 is 1.30 bits per heavy atom. The van der Waals surface area contributed by atoms with E-state index in [4.69, 9.17) is 33.5 Å². The molecule has 1 aromatic carbocycles. The highest BCUT2D eigenvalue weighted by Gasteiger charge is 2.36. The fourth-order valence-corrected chi connectivity index (χ4v) is 3.46. The van der Waals surface area contributed by atoms with Crippen LogP contribution in [0.15, 0.2) is 22.7 Å². The number of benzene rings is 1. The SMILES string of the molecule is CC(Cc1ccc(Cl)cc1Cl)c1nc(C2(N)CCCC2)no1.Cl. The van der Waals surface area contributed by atoms with Gasteiger partial charge in [0.2, 0.25) is 5.89 Å². The molecule has 3 rings (SSSR count). The summed E-state index contributed by atoms with van der Waals surface area (Å²) in [6.07, 6.45) is 4.80. The molecule has 1 aromatic heterocycles. The normalized spacial score (nSPS) is 17.7. The third-order valence-electron chi connectivity index (χ3n) is 4.35. The van der Waals surface area contributed by atoms with Gasteiger partial charge < -0.3 is 10.3 Å². The molecule has 0 bridgehead atoms. The Labute approximate surface area is 152 Å². The van der Waals surface area contributed by atoms with Gasteiger partial charge in [-0.25, -0.2) is 0 Å². The Bertz CT molecular complexity index is 668. The Morgan fingerprint density at radius 2 is 2.00 bits per heavy atom. The maximum atomic E-state index is 6.37. The summed E-state index contributed by atoms with van der Waals surface area (Å²) in [7, 11) is 0. The quantitative estimate of drug-likeness (QED) is 0.826. The number of halogens is 3. The van der Waals surface area contributed by atoms with E-state index in [-0.39, 0.29) is 18.3 Å². The van der Waals surface area contributed by atoms with Gasteiger partial charge in [0.15, 0.2) is 5.82 Å². The molecule has 0 aliphatic heterocycles. The van der Waals surface area contributed by atoms with Crippen LogP contribution >= 0.6 is 35.6 Å². The second-order valence-electron chi connectivity index (χ2n) is 6.16. The first-order chi connectivity index (χ1) is 10.5. The van der Waals surface area contributed by atoms with Crippen molar-refractivity contribution in [3.63, 3.8) is 0 Å². The summed E-state index contributed by atoms with van der Waals surface area (Å²) in [5.74, 6) is 1.32. The van der Waals surface area contributed by atoms with E-state index >= 15 is 0 Å². The van der Waals surface area contributed by atoms with Gasteiger partial charge in [0.1, 0.15) is 0 Å². The van der Waals surface area contributed by atoms with Gasteiger partial charge in [-0.1, -0.05) is 54.2 Å². The zero-order chi connectivity index (χ0) is 15.7. The van der Waals surface area contributed by atoms with Crippen molar-refractivity contribution >= 4 is 35.6 Å². The van der Waals surface area contributed by atoms with Crippen LogP contribution in [0.4, 0.5) is 0 Å². The molecule has 1 unspecified atom stereocenters. The topological polar surface area (TPSA) is 64.9 Å². The predicted octanol–water partition coefficient (Wildman–Crippen LogP) is 4.87. The minimum Gasteiger partial charge on any atom is -0.339 e. The van der Waals surface area contributed by atoms with Crippen molar-refractivity contribution in [1.29, 1.82) is 0 Å². The molecule has 7 heteroatoms. The third-order valence-corrected chi connectivity index (χ3v) is 4.93. The van der Waals surface area contributed by atoms with E-state index in [2.05, 4.69) is 10.1 Å². The van der Waals surface area contributed by atoms with Crippen LogP contribution < -0.4 is 5.73 Å². The molecule has 2 aromatic rings. The minimum atomic E-state index is -0.417. The van der Waals surface area contributed by atoms with Crippen LogP contribution in [0.5, 0.6) is 0 Å². The lowest BCUT2D eigenvalue weighted by Crippen LogP contribution is -2.34. The van der Waals surface area contributed by atoms with Gasteiger partial charge in [-0.3, -0.25) is 0 Å². The Kier molecular flexibility index (Phi) is 5.95. The third kappa shape index (κ3) is 4.00. The molecule has 1 aliphatic carbocycles. The van der Waals surface area contributed by atoms with Gasteiger partial charge in [0.05, 0.1) is 5.54 Å². The number of hydrogen-bond donors (Lipinski definition) is 1. The van der Waals surface area contributed by atoms with Crippen molar-refractivity contribution in [2.24, 2.45) is 5.73 Å². The zero-order valence-corrected chi connectivity index (χ0v) is 15.2. The molecular formula is C16H20Cl3N3O. The molecule has 126 valence electrons. The van der Waals surface area contributed by atoms with Crippen LogP contribution in [0.25, 0.3) is 0 Å². The molecule has 1 fully saturated rings. The molecular weight excluding hydrogens is 357 g/mol. The number of nitrogens with zero attached hydrogens (tertiary/aromatic N) is 2. The standard InChI is InChI=1S/C16H19Cl2N3O.ClH/c1-10(8-11-4-5-12(17)9-13(11)18)14-20-15(21-22-14)16(19)6-2-3-7-16;/h4-5,9-10H,2-3,6-8,19H2,1H3;1H. The number of hydrogen-bond acceptors (Lipinski definition) is 4. The monoisotopic (exact) mass is 375 g/mol. The second-order valence-corrected chi connectivity index (χ2v) is 7.00. The van der Waals surface area contributed by atoms with Crippen molar-refractivity contribution in [3.8, 4) is 0 Å². The lowest BCUT2D eigenvalue weighted by molar-refractivity contribution is 0.337. The fraction of sp³-hybridized carbons (Fsp3) is 0.500. The van der Waals surface area contributed by atoms with Crippen LogP contribution in [0.3, 0.4) is 0 Å². The van der Waals surface area contributed by atoms with E-state index in [1.54, 1.807) is 6.07 Å². The van der Waals surface area contributed by atoms with Crippen molar-refractivity contribution in [2.75, 3.05) is 0 Å². The van der Waals surface area contributed by atoms with E-state index in [0.717, 1.165) is 37.7 Å². The van der Waals surface area contributed by atoms with Crippen molar-refractivity contribution in [2.45, 2.75) is 50.5 Å². The zero-order valence-electron chi connectivity index (χ0n) is 12.9. The van der Waals surface area contributed by atoms with Gasteiger partial charge >= 0.3 is 0 Å². The molecule has 1 saturated carbocycles. The van der Waals surface area contributed by atoms with Gasteiger partial charge in [-0.15, -0.1) is 12.4 Å². The summed E-state index contributed by atoms with van der Waals surface area (Å²) < 4.78 is 5.43. The maximum Gasteiger partial charge on any atom is 0.229 e. The first kappa shape index (κ1) is 18.5. The minimum absolute atomic E-state index is 0. The molecule has 0 saturated heterocycles. The summed E-state index contributed by atoms with van der Waals surface area (Å²) in [5, 5.41) is 5.39. The highest BCUT2D eigenvalue weighted by Crippen LogP contribution is 2.35. The summed E-state index contributed by atoms with van der Waals surface area (Å²) in [4.78, 5) is 4.54. The van der Waals surface area contributed by atoms with Crippen LogP contribution in [-0.2, 0) is 12.0 Å². The first-order valence-electron chi connectivity index (χ1n) is 7.55. The molecule has 0 radical (unpaired) electrons. The maximum absolute atomic E-state index is 6.37. The Morgan fingerprint density at radius 3 is 2.65 bits per heavy atom. The summed E-state index contributed by atoms with van der Waals surface area (Å²) in [5.41, 5.74) is 6.96. The highest BCUT2D eigenvalue weighted by molar-refractivity contribution is 6.35. The summed E-state index contributed by atoms with van der Waals surface area (Å²) in [6.45, 7) is 2.04. The first-order valence-corrected chi connectivity index (χ1v) is 8.30. The molecule has 1 atom stereocenters. The smallest absolute Gasteiger partial charge is 0.229 e. The molecule has 1 heterocycles. The largest absolute Gasteiger partial charge is 0.339 e. The highest BCUT2D eigenvalue weighted by atomic mass is 35.5. The fourth-order valence-electron chi connectivity index (χ4n) is 2.97. The molecule has 0 amide bonds. The number of nitrogens with two attached hydrogens (primary N) is 1. The van der Waals surface area contributed by atoms with Gasteiger partial charge in [-0.05, 0) is 37.0 Å². The molecule has 23 heavy (non-hydrogen) atoms. The van der Waals surface area contributed by atoms with Gasteiger partial charge in [0, 0.05) is 16.0 Å². The molecule has 4 nitrogen and oxygen atoms in total. The van der Waals surface area contributed by atoms with E-state index in [9.17, 15) is 0 Å². The number of aromatic nitrogens is 2. The average molecular weight is 377 g/mol. The van der Waals surface area contributed by atoms with E-state index in [1.807, 2.05) is 19.1 Å². The Balaban J connectivity index is 0.00000192. The molecule has 2 N–H and O–H groups in total.